The summed E-state index contributed by atoms with van der Waals surface area (Å²) in [5.41, 5.74) is 12.7. The van der Waals surface area contributed by atoms with Crippen molar-refractivity contribution in [3.8, 4) is 16.9 Å². The van der Waals surface area contributed by atoms with Crippen molar-refractivity contribution in [2.45, 2.75) is 38.3 Å². The summed E-state index contributed by atoms with van der Waals surface area (Å²) >= 11 is 0. The van der Waals surface area contributed by atoms with Gasteiger partial charge in [-0.25, -0.2) is 20.2 Å². The molecule has 1 aromatic heterocycles. The zero-order valence-electron chi connectivity index (χ0n) is 33.9. The highest BCUT2D eigenvalue weighted by Crippen LogP contribution is 2.35. The van der Waals surface area contributed by atoms with Gasteiger partial charge in [0, 0.05) is 62.4 Å². The molecule has 13 heteroatoms. The number of nitrogens with one attached hydrogen (secondary N) is 3. The molecule has 2 fully saturated rings. The number of urea groups is 1. The van der Waals surface area contributed by atoms with E-state index in [2.05, 4.69) is 22.7 Å². The number of benzene rings is 5. The van der Waals surface area contributed by atoms with E-state index in [9.17, 15) is 24.3 Å². The van der Waals surface area contributed by atoms with Gasteiger partial charge in [0.2, 0.25) is 11.8 Å². The molecule has 4 N–H and O–H groups in total. The number of para-hydroxylation sites is 1. The Bertz CT molecular complexity index is 2540. The van der Waals surface area contributed by atoms with Crippen molar-refractivity contribution in [1.82, 2.24) is 40.6 Å². The summed E-state index contributed by atoms with van der Waals surface area (Å²) in [5, 5.41) is 17.3. The highest BCUT2D eigenvalue weighted by atomic mass is 16.3. The fraction of sp³-hybridized carbons (Fsp3) is 0.208. The van der Waals surface area contributed by atoms with Crippen molar-refractivity contribution >= 4 is 34.7 Å². The first kappa shape index (κ1) is 40.6. The van der Waals surface area contributed by atoms with E-state index in [4.69, 9.17) is 0 Å². The minimum Gasteiger partial charge on any atom is -0.508 e. The molecule has 5 amide bonds. The number of nitrogens with zero attached hydrogens (tertiary/aromatic N) is 5. The molecule has 2 aliphatic heterocycles. The van der Waals surface area contributed by atoms with Crippen LogP contribution >= 0.6 is 0 Å². The van der Waals surface area contributed by atoms with Crippen LogP contribution in [0.3, 0.4) is 0 Å². The zero-order valence-corrected chi connectivity index (χ0v) is 33.9. The first-order chi connectivity index (χ1) is 29.7. The second kappa shape index (κ2) is 18.0. The van der Waals surface area contributed by atoms with Crippen LogP contribution in [0.4, 0.5) is 4.79 Å². The number of phenolic OH excluding ortho intramolecular Hbond substituents is 1. The molecule has 0 unspecified atom stereocenters. The number of hydrogen-bond acceptors (Lipinski definition) is 7. The maximum Gasteiger partial charge on any atom is 0.334 e. The van der Waals surface area contributed by atoms with Gasteiger partial charge in [0.15, 0.2) is 0 Å². The second-order valence-electron chi connectivity index (χ2n) is 15.3. The van der Waals surface area contributed by atoms with Gasteiger partial charge in [0.1, 0.15) is 18.0 Å². The van der Waals surface area contributed by atoms with E-state index in [1.54, 1.807) is 62.3 Å². The van der Waals surface area contributed by atoms with Crippen LogP contribution < -0.4 is 16.2 Å². The van der Waals surface area contributed by atoms with Crippen LogP contribution in [0.15, 0.2) is 146 Å². The van der Waals surface area contributed by atoms with Crippen LogP contribution in [0.5, 0.6) is 5.75 Å². The molecule has 310 valence electrons. The topological polar surface area (TPSA) is 142 Å². The number of carbonyl (C=O) groups is 4. The normalized spacial score (nSPS) is 16.7. The van der Waals surface area contributed by atoms with E-state index in [-0.39, 0.29) is 62.6 Å². The fourth-order valence-corrected chi connectivity index (χ4v) is 8.37. The lowest BCUT2D eigenvalue weighted by Gasteiger charge is -2.55. The first-order valence-electron chi connectivity index (χ1n) is 20.3. The van der Waals surface area contributed by atoms with Gasteiger partial charge in [-0.15, -0.1) is 6.58 Å². The molecule has 8 rings (SSSR count). The van der Waals surface area contributed by atoms with Gasteiger partial charge in [-0.3, -0.25) is 19.8 Å². The number of phenols is 1. The SMILES string of the molecule is C=CCN1CC(=O)N2[C@@H](Cc3ccc(O)cc3)C(=O)N(Cc3cccc4c(-c5ccc(C(=O)NNCc6ccccc6)cc5)cn(C)c34)C[C@@H]2N1C(=O)NCc1ccccc1. The maximum atomic E-state index is 14.8. The van der Waals surface area contributed by atoms with Gasteiger partial charge < -0.3 is 24.8 Å². The lowest BCUT2D eigenvalue weighted by Crippen LogP contribution is -2.76. The van der Waals surface area contributed by atoms with Gasteiger partial charge >= 0.3 is 6.03 Å². The third-order valence-electron chi connectivity index (χ3n) is 11.3. The molecule has 61 heavy (non-hydrogen) atoms. The lowest BCUT2D eigenvalue weighted by atomic mass is 9.97. The number of rotatable bonds is 13. The fourth-order valence-electron chi connectivity index (χ4n) is 8.37. The van der Waals surface area contributed by atoms with Crippen LogP contribution in [-0.4, -0.2) is 85.1 Å². The number of carbonyl (C=O) groups excluding carboxylic acids is 4. The highest BCUT2D eigenvalue weighted by molar-refractivity contribution is 5.99. The molecule has 0 aliphatic carbocycles. The third kappa shape index (κ3) is 8.74. The number of aromatic hydroxyl groups is 1. The second-order valence-corrected chi connectivity index (χ2v) is 15.3. The number of hydrogen-bond donors (Lipinski definition) is 4. The molecule has 2 saturated heterocycles. The average molecular weight is 817 g/mol. The summed E-state index contributed by atoms with van der Waals surface area (Å²) in [6, 6.07) is 38.2. The van der Waals surface area contributed by atoms with Crippen LogP contribution in [-0.2, 0) is 42.7 Å². The highest BCUT2D eigenvalue weighted by Gasteiger charge is 2.51. The van der Waals surface area contributed by atoms with Crippen LogP contribution in [0.25, 0.3) is 22.0 Å². The molecule has 0 spiro atoms. The molecule has 2 atom stereocenters. The summed E-state index contributed by atoms with van der Waals surface area (Å²) in [6.07, 6.45) is 3.07. The number of amides is 5. The summed E-state index contributed by atoms with van der Waals surface area (Å²) in [7, 11) is 1.97. The van der Waals surface area contributed by atoms with Gasteiger partial charge in [-0.05, 0) is 52.1 Å². The van der Waals surface area contributed by atoms with Gasteiger partial charge in [-0.1, -0.05) is 109 Å². The minimum atomic E-state index is -0.918. The Labute approximate surface area is 354 Å². The molecule has 2 aliphatic rings. The quantitative estimate of drug-likeness (QED) is 0.0863. The molecule has 5 aromatic carbocycles. The first-order valence-corrected chi connectivity index (χ1v) is 20.3. The molecular formula is C48H48N8O5. The van der Waals surface area contributed by atoms with E-state index in [0.717, 1.165) is 44.3 Å². The van der Waals surface area contributed by atoms with Crippen molar-refractivity contribution < 1.29 is 24.3 Å². The predicted molar refractivity (Wildman–Crippen MR) is 233 cm³/mol. The molecule has 13 nitrogen and oxygen atoms in total. The van der Waals surface area contributed by atoms with E-state index in [0.29, 0.717) is 12.1 Å². The Morgan fingerprint density at radius 1 is 0.820 bits per heavy atom. The smallest absolute Gasteiger partial charge is 0.334 e. The molecular weight excluding hydrogens is 769 g/mol. The molecule has 3 heterocycles. The Balaban J connectivity index is 1.08. The molecule has 0 bridgehead atoms. The van der Waals surface area contributed by atoms with Crippen LogP contribution in [0.2, 0.25) is 0 Å². The van der Waals surface area contributed by atoms with Crippen molar-refractivity contribution in [3.63, 3.8) is 0 Å². The Morgan fingerprint density at radius 2 is 1.51 bits per heavy atom. The zero-order chi connectivity index (χ0) is 42.5. The van der Waals surface area contributed by atoms with E-state index in [1.807, 2.05) is 109 Å². The van der Waals surface area contributed by atoms with E-state index in [1.165, 1.54) is 0 Å². The lowest BCUT2D eigenvalue weighted by molar-refractivity contribution is -0.189. The number of aromatic nitrogens is 1. The molecule has 0 saturated carbocycles. The molecule has 6 aromatic rings. The maximum absolute atomic E-state index is 14.8. The summed E-state index contributed by atoms with van der Waals surface area (Å²) in [4.78, 5) is 59.3. The van der Waals surface area contributed by atoms with Crippen molar-refractivity contribution in [3.05, 3.63) is 174 Å². The number of fused-ring (bicyclic) bond motifs is 2. The Hall–Kier alpha value is -7.22. The predicted octanol–water partition coefficient (Wildman–Crippen LogP) is 5.72. The Kier molecular flexibility index (Phi) is 11.9. The summed E-state index contributed by atoms with van der Waals surface area (Å²) < 4.78 is 2.04. The monoisotopic (exact) mass is 816 g/mol. The summed E-state index contributed by atoms with van der Waals surface area (Å²) in [6.45, 7) is 5.09. The largest absolute Gasteiger partial charge is 0.508 e. The number of piperazine rings is 1. The van der Waals surface area contributed by atoms with Gasteiger partial charge in [0.25, 0.3) is 5.91 Å². The standard InChI is InChI=1S/C48H48N8O5/c1-3-25-54-32-44(58)55-42(26-33-17-23-39(57)24-18-33)47(60)53(31-43(55)56(54)48(61)49-27-34-11-6-4-7-12-34)29-38-15-10-16-40-41(30-52(2)45(38)40)36-19-21-37(22-20-36)46(59)51-50-28-35-13-8-5-9-14-35/h3-24,30,42-43,50,57H,1,25-29,31-32H2,2H3,(H,49,61)(H,51,59)/t42-,43-/m0/s1. The van der Waals surface area contributed by atoms with E-state index < -0.39 is 18.2 Å². The number of hydrazine groups is 2. The van der Waals surface area contributed by atoms with Crippen molar-refractivity contribution in [2.24, 2.45) is 7.05 Å². The van der Waals surface area contributed by atoms with Crippen LogP contribution in [0.1, 0.15) is 32.6 Å². The Morgan fingerprint density at radius 3 is 2.20 bits per heavy atom. The third-order valence-corrected chi connectivity index (χ3v) is 11.3. The van der Waals surface area contributed by atoms with E-state index >= 15 is 0 Å². The summed E-state index contributed by atoms with van der Waals surface area (Å²) in [5.74, 6) is -0.650. The molecule has 0 radical (unpaired) electrons. The van der Waals surface area contributed by atoms with Gasteiger partial charge in [0.05, 0.1) is 18.6 Å². The number of aryl methyl sites for hydroxylation is 1. The van der Waals surface area contributed by atoms with Gasteiger partial charge in [-0.2, -0.15) is 0 Å². The average Bonchev–Trinajstić information content (AvgIpc) is 3.62. The van der Waals surface area contributed by atoms with Crippen LogP contribution in [0, 0.1) is 0 Å². The van der Waals surface area contributed by atoms with Crippen molar-refractivity contribution in [1.29, 1.82) is 0 Å². The minimum absolute atomic E-state index is 0.0699. The van der Waals surface area contributed by atoms with Crippen molar-refractivity contribution in [2.75, 3.05) is 19.6 Å².